The van der Waals surface area contributed by atoms with Crippen LogP contribution in [-0.4, -0.2) is 16.6 Å². The molecule has 1 aliphatic heterocycles. The Kier molecular flexibility index (Phi) is 5.96. The van der Waals surface area contributed by atoms with Gasteiger partial charge in [-0.25, -0.2) is 4.39 Å². The summed E-state index contributed by atoms with van der Waals surface area (Å²) in [5.41, 5.74) is 0.714. The van der Waals surface area contributed by atoms with Gasteiger partial charge in [0.25, 0.3) is 0 Å². The molecule has 0 radical (unpaired) electrons. The minimum atomic E-state index is -0.576. The van der Waals surface area contributed by atoms with Gasteiger partial charge in [-0.2, -0.15) is 0 Å². The summed E-state index contributed by atoms with van der Waals surface area (Å²) in [6, 6.07) is 11.1. The number of amides is 1. The van der Waals surface area contributed by atoms with Gasteiger partial charge in [-0.15, -0.1) is 0 Å². The van der Waals surface area contributed by atoms with Crippen LogP contribution in [0.2, 0.25) is 5.02 Å². The molecule has 0 aliphatic carbocycles. The van der Waals surface area contributed by atoms with Gasteiger partial charge in [0.15, 0.2) is 0 Å². The number of phenolic OH excluding ortho intramolecular Hbond substituents is 1. The maximum Gasteiger partial charge on any atom is 0.222 e. The van der Waals surface area contributed by atoms with Gasteiger partial charge in [0.2, 0.25) is 5.91 Å². The third kappa shape index (κ3) is 4.65. The van der Waals surface area contributed by atoms with Crippen LogP contribution in [-0.2, 0) is 9.53 Å². The minimum absolute atomic E-state index is 0.0271. The third-order valence-electron chi connectivity index (χ3n) is 5.13. The molecular formula is C22H25ClFNO3. The van der Waals surface area contributed by atoms with Crippen molar-refractivity contribution in [1.29, 1.82) is 0 Å². The molecule has 0 bridgehead atoms. The lowest BCUT2D eigenvalue weighted by Crippen LogP contribution is -2.52. The van der Waals surface area contributed by atoms with Crippen LogP contribution in [0.4, 0.5) is 4.39 Å². The fourth-order valence-corrected chi connectivity index (χ4v) is 3.71. The number of halogens is 2. The molecule has 4 nitrogen and oxygen atoms in total. The molecule has 0 unspecified atom stereocenters. The van der Waals surface area contributed by atoms with Crippen LogP contribution in [0.5, 0.6) is 5.75 Å². The van der Waals surface area contributed by atoms with Gasteiger partial charge >= 0.3 is 0 Å². The lowest BCUT2D eigenvalue weighted by molar-refractivity contribution is -0.131. The molecule has 3 rings (SSSR count). The monoisotopic (exact) mass is 405 g/mol. The van der Waals surface area contributed by atoms with Crippen LogP contribution in [0.25, 0.3) is 0 Å². The summed E-state index contributed by atoms with van der Waals surface area (Å²) in [4.78, 5) is 12.4. The first-order valence-electron chi connectivity index (χ1n) is 9.38. The SMILES string of the molecule is CC(C)C(=O)N[C@@]1(C)C[C@@H](c2ccc(Cl)cc2)O[C@@H](c2cc(F)ccc2O)C1. The second-order valence-electron chi connectivity index (χ2n) is 7.98. The zero-order chi connectivity index (χ0) is 20.5. The van der Waals surface area contributed by atoms with E-state index in [0.29, 0.717) is 23.4 Å². The number of benzene rings is 2. The Morgan fingerprint density at radius 2 is 1.86 bits per heavy atom. The number of aromatic hydroxyl groups is 1. The van der Waals surface area contributed by atoms with E-state index in [2.05, 4.69) is 5.32 Å². The highest BCUT2D eigenvalue weighted by molar-refractivity contribution is 6.30. The predicted molar refractivity (Wildman–Crippen MR) is 107 cm³/mol. The molecular weight excluding hydrogens is 381 g/mol. The summed E-state index contributed by atoms with van der Waals surface area (Å²) in [5.74, 6) is -0.685. The van der Waals surface area contributed by atoms with E-state index in [1.807, 2.05) is 32.9 Å². The molecule has 1 saturated heterocycles. The largest absolute Gasteiger partial charge is 0.508 e. The summed E-state index contributed by atoms with van der Waals surface area (Å²) in [5, 5.41) is 14.0. The molecule has 2 aromatic carbocycles. The smallest absolute Gasteiger partial charge is 0.222 e. The van der Waals surface area contributed by atoms with Crippen LogP contribution >= 0.6 is 11.6 Å². The Bertz CT molecular complexity index is 855. The Morgan fingerprint density at radius 1 is 1.21 bits per heavy atom. The molecule has 0 aromatic heterocycles. The van der Waals surface area contributed by atoms with Crippen molar-refractivity contribution < 1.29 is 19.0 Å². The highest BCUT2D eigenvalue weighted by Crippen LogP contribution is 2.45. The van der Waals surface area contributed by atoms with E-state index in [1.54, 1.807) is 12.1 Å². The number of carbonyl (C=O) groups is 1. The van der Waals surface area contributed by atoms with Gasteiger partial charge in [-0.3, -0.25) is 4.79 Å². The second kappa shape index (κ2) is 8.10. The van der Waals surface area contributed by atoms with Gasteiger partial charge in [-0.1, -0.05) is 37.6 Å². The molecule has 0 spiro atoms. The topological polar surface area (TPSA) is 58.6 Å². The standard InChI is InChI=1S/C22H25ClFNO3/c1-13(2)21(27)25-22(3)11-19(14-4-6-15(23)7-5-14)28-20(12-22)17-10-16(24)8-9-18(17)26/h4-10,13,19-20,26H,11-12H2,1-3H3,(H,25,27)/t19-,20+,22-/m0/s1. The van der Waals surface area contributed by atoms with Crippen LogP contribution in [0.3, 0.4) is 0 Å². The number of carbonyl (C=O) groups excluding carboxylic acids is 1. The first-order valence-corrected chi connectivity index (χ1v) is 9.76. The van der Waals surface area contributed by atoms with E-state index in [4.69, 9.17) is 16.3 Å². The first-order chi connectivity index (χ1) is 13.2. The molecule has 6 heteroatoms. The van der Waals surface area contributed by atoms with Crippen molar-refractivity contribution in [3.05, 3.63) is 64.4 Å². The lowest BCUT2D eigenvalue weighted by Gasteiger charge is -2.43. The number of hydrogen-bond acceptors (Lipinski definition) is 3. The molecule has 1 heterocycles. The Labute approximate surface area is 169 Å². The summed E-state index contributed by atoms with van der Waals surface area (Å²) >= 11 is 6.00. The molecule has 1 amide bonds. The van der Waals surface area contributed by atoms with Crippen molar-refractivity contribution in [2.24, 2.45) is 5.92 Å². The summed E-state index contributed by atoms with van der Waals surface area (Å²) < 4.78 is 20.1. The zero-order valence-corrected chi connectivity index (χ0v) is 17.0. The Morgan fingerprint density at radius 3 is 2.50 bits per heavy atom. The highest BCUT2D eigenvalue weighted by Gasteiger charge is 2.41. The third-order valence-corrected chi connectivity index (χ3v) is 5.38. The van der Waals surface area contributed by atoms with E-state index in [-0.39, 0.29) is 23.7 Å². The normalized spacial score (nSPS) is 24.9. The predicted octanol–water partition coefficient (Wildman–Crippen LogP) is 5.31. The van der Waals surface area contributed by atoms with E-state index in [0.717, 1.165) is 5.56 Å². The lowest BCUT2D eigenvalue weighted by atomic mass is 9.81. The van der Waals surface area contributed by atoms with Crippen LogP contribution in [0, 0.1) is 11.7 Å². The van der Waals surface area contributed by atoms with E-state index >= 15 is 0 Å². The van der Waals surface area contributed by atoms with Gasteiger partial charge in [-0.05, 0) is 42.8 Å². The van der Waals surface area contributed by atoms with E-state index in [1.165, 1.54) is 18.2 Å². The van der Waals surface area contributed by atoms with E-state index in [9.17, 15) is 14.3 Å². The van der Waals surface area contributed by atoms with Gasteiger partial charge in [0.05, 0.1) is 12.2 Å². The number of hydrogen-bond donors (Lipinski definition) is 2. The molecule has 1 aliphatic rings. The number of ether oxygens (including phenoxy) is 1. The molecule has 2 aromatic rings. The van der Waals surface area contributed by atoms with Crippen LogP contribution in [0.1, 0.15) is 56.9 Å². The fourth-order valence-electron chi connectivity index (χ4n) is 3.58. The van der Waals surface area contributed by atoms with E-state index < -0.39 is 17.5 Å². The maximum atomic E-state index is 13.8. The van der Waals surface area contributed by atoms with Crippen LogP contribution < -0.4 is 5.32 Å². The number of rotatable bonds is 4. The molecule has 150 valence electrons. The number of nitrogens with one attached hydrogen (secondary N) is 1. The van der Waals surface area contributed by atoms with Crippen molar-refractivity contribution >= 4 is 17.5 Å². The fraction of sp³-hybridized carbons (Fsp3) is 0.409. The summed E-state index contributed by atoms with van der Waals surface area (Å²) in [6.45, 7) is 5.64. The second-order valence-corrected chi connectivity index (χ2v) is 8.42. The van der Waals surface area contributed by atoms with Crippen molar-refractivity contribution in [3.8, 4) is 5.75 Å². The molecule has 0 saturated carbocycles. The van der Waals surface area contributed by atoms with Gasteiger partial charge in [0.1, 0.15) is 11.6 Å². The van der Waals surface area contributed by atoms with Crippen molar-refractivity contribution in [2.75, 3.05) is 0 Å². The highest BCUT2D eigenvalue weighted by atomic mass is 35.5. The van der Waals surface area contributed by atoms with Gasteiger partial charge in [0, 0.05) is 34.9 Å². The molecule has 28 heavy (non-hydrogen) atoms. The van der Waals surface area contributed by atoms with Crippen molar-refractivity contribution in [1.82, 2.24) is 5.32 Å². The first kappa shape index (κ1) is 20.6. The van der Waals surface area contributed by atoms with Crippen molar-refractivity contribution in [3.63, 3.8) is 0 Å². The molecule has 2 N–H and O–H groups in total. The molecule has 1 fully saturated rings. The Balaban J connectivity index is 1.96. The zero-order valence-electron chi connectivity index (χ0n) is 16.2. The average Bonchev–Trinajstić information content (AvgIpc) is 2.63. The summed E-state index contributed by atoms with van der Waals surface area (Å²) in [6.07, 6.45) is 0.0745. The Hall–Kier alpha value is -2.11. The summed E-state index contributed by atoms with van der Waals surface area (Å²) in [7, 11) is 0. The average molecular weight is 406 g/mol. The van der Waals surface area contributed by atoms with Crippen molar-refractivity contribution in [2.45, 2.75) is 51.4 Å². The quantitative estimate of drug-likeness (QED) is 0.724. The van der Waals surface area contributed by atoms with Gasteiger partial charge < -0.3 is 15.2 Å². The van der Waals surface area contributed by atoms with Crippen LogP contribution in [0.15, 0.2) is 42.5 Å². The minimum Gasteiger partial charge on any atom is -0.508 e. The number of phenols is 1. The molecule has 3 atom stereocenters. The maximum absolute atomic E-state index is 13.8.